The predicted molar refractivity (Wildman–Crippen MR) is 57.0 cm³/mol. The molecule has 1 unspecified atom stereocenters. The third-order valence-electron chi connectivity index (χ3n) is 1.60. The second kappa shape index (κ2) is 3.63. The van der Waals surface area contributed by atoms with Crippen molar-refractivity contribution in [3.05, 3.63) is 16.7 Å². The van der Waals surface area contributed by atoms with Gasteiger partial charge in [0.1, 0.15) is 5.82 Å². The largest absolute Gasteiger partial charge is 0.383 e. The van der Waals surface area contributed by atoms with Crippen LogP contribution in [0.15, 0.2) is 26.0 Å². The Kier molecular flexibility index (Phi) is 2.92. The highest BCUT2D eigenvalue weighted by molar-refractivity contribution is 9.10. The molecular formula is C7H10BrN3OS. The Bertz CT molecular complexity index is 437. The second-order valence-corrected chi connectivity index (χ2v) is 5.85. The highest BCUT2D eigenvalue weighted by atomic mass is 79.9. The SMILES string of the molecule is CN=S(C)(=O)c1cc(Br)cnc1N. The zero-order valence-electron chi connectivity index (χ0n) is 7.32. The van der Waals surface area contributed by atoms with Gasteiger partial charge >= 0.3 is 0 Å². The van der Waals surface area contributed by atoms with Gasteiger partial charge in [0.05, 0.1) is 14.6 Å². The Balaban J connectivity index is 3.47. The molecule has 0 saturated heterocycles. The van der Waals surface area contributed by atoms with Gasteiger partial charge in [0, 0.05) is 24.0 Å². The van der Waals surface area contributed by atoms with Crippen molar-refractivity contribution in [2.24, 2.45) is 4.36 Å². The van der Waals surface area contributed by atoms with Crippen LogP contribution < -0.4 is 5.73 Å². The van der Waals surface area contributed by atoms with Crippen molar-refractivity contribution in [1.82, 2.24) is 4.98 Å². The zero-order valence-corrected chi connectivity index (χ0v) is 9.72. The van der Waals surface area contributed by atoms with E-state index in [2.05, 4.69) is 25.3 Å². The highest BCUT2D eigenvalue weighted by Gasteiger charge is 2.10. The maximum atomic E-state index is 11.8. The molecule has 1 aromatic heterocycles. The molecule has 0 aromatic carbocycles. The average molecular weight is 264 g/mol. The Morgan fingerprint density at radius 1 is 1.69 bits per heavy atom. The Hall–Kier alpha value is -0.620. The van der Waals surface area contributed by atoms with E-state index in [1.807, 2.05) is 0 Å². The molecule has 0 fully saturated rings. The molecule has 72 valence electrons. The van der Waals surface area contributed by atoms with Crippen LogP contribution in [0.3, 0.4) is 0 Å². The molecule has 0 saturated carbocycles. The predicted octanol–water partition coefficient (Wildman–Crippen LogP) is 1.51. The number of anilines is 1. The van der Waals surface area contributed by atoms with Crippen LogP contribution >= 0.6 is 15.9 Å². The van der Waals surface area contributed by atoms with Crippen LogP contribution in [0, 0.1) is 0 Å². The summed E-state index contributed by atoms with van der Waals surface area (Å²) in [5.41, 5.74) is 5.58. The normalized spacial score (nSPS) is 15.0. The molecule has 1 atom stereocenters. The van der Waals surface area contributed by atoms with Gasteiger partial charge in [0.25, 0.3) is 0 Å². The summed E-state index contributed by atoms with van der Waals surface area (Å²) in [5, 5.41) is 0. The molecule has 4 nitrogen and oxygen atoms in total. The Labute approximate surface area is 85.9 Å². The van der Waals surface area contributed by atoms with Gasteiger partial charge in [-0.05, 0) is 22.0 Å². The first-order valence-electron chi connectivity index (χ1n) is 3.48. The molecule has 0 aliphatic heterocycles. The summed E-state index contributed by atoms with van der Waals surface area (Å²) < 4.78 is 16.3. The molecule has 1 aromatic rings. The minimum Gasteiger partial charge on any atom is -0.383 e. The summed E-state index contributed by atoms with van der Waals surface area (Å²) >= 11 is 3.23. The first-order valence-corrected chi connectivity index (χ1v) is 6.20. The number of nitrogens with two attached hydrogens (primary N) is 1. The van der Waals surface area contributed by atoms with E-state index in [0.29, 0.717) is 4.90 Å². The number of nitrogen functional groups attached to an aromatic ring is 1. The van der Waals surface area contributed by atoms with Gasteiger partial charge in [0.2, 0.25) is 0 Å². The molecule has 0 radical (unpaired) electrons. The van der Waals surface area contributed by atoms with Crippen molar-refractivity contribution in [3.8, 4) is 0 Å². The van der Waals surface area contributed by atoms with Crippen molar-refractivity contribution in [3.63, 3.8) is 0 Å². The monoisotopic (exact) mass is 263 g/mol. The standard InChI is InChI=1S/C7H10BrN3OS/c1-10-13(2,12)6-3-5(8)4-11-7(6)9/h3-4H,1-2H3,(H2,9,11). The van der Waals surface area contributed by atoms with Crippen molar-refractivity contribution < 1.29 is 4.21 Å². The van der Waals surface area contributed by atoms with Crippen LogP contribution in [0.4, 0.5) is 5.82 Å². The lowest BCUT2D eigenvalue weighted by molar-refractivity contribution is 0.680. The summed E-state index contributed by atoms with van der Waals surface area (Å²) in [6, 6.07) is 1.68. The van der Waals surface area contributed by atoms with Crippen molar-refractivity contribution in [2.75, 3.05) is 19.0 Å². The molecule has 2 N–H and O–H groups in total. The Morgan fingerprint density at radius 3 is 2.85 bits per heavy atom. The van der Waals surface area contributed by atoms with Crippen LogP contribution in [-0.4, -0.2) is 22.5 Å². The summed E-state index contributed by atoms with van der Waals surface area (Å²) in [6.45, 7) is 0. The molecule has 0 amide bonds. The van der Waals surface area contributed by atoms with Crippen LogP contribution in [-0.2, 0) is 9.73 Å². The van der Waals surface area contributed by atoms with E-state index in [-0.39, 0.29) is 5.82 Å². The van der Waals surface area contributed by atoms with Gasteiger partial charge in [-0.25, -0.2) is 13.6 Å². The smallest absolute Gasteiger partial charge is 0.140 e. The highest BCUT2D eigenvalue weighted by Crippen LogP contribution is 2.21. The second-order valence-electron chi connectivity index (χ2n) is 2.52. The molecule has 6 heteroatoms. The molecule has 0 spiro atoms. The number of hydrogen-bond donors (Lipinski definition) is 1. The molecule has 13 heavy (non-hydrogen) atoms. The number of hydrogen-bond acceptors (Lipinski definition) is 4. The lowest BCUT2D eigenvalue weighted by atomic mass is 10.5. The number of nitrogens with zero attached hydrogens (tertiary/aromatic N) is 2. The first kappa shape index (κ1) is 10.5. The molecule has 0 aliphatic carbocycles. The van der Waals surface area contributed by atoms with Gasteiger partial charge in [0.15, 0.2) is 0 Å². The first-order chi connectivity index (χ1) is 5.97. The maximum Gasteiger partial charge on any atom is 0.140 e. The number of aromatic nitrogens is 1. The van der Waals surface area contributed by atoms with Crippen LogP contribution in [0.2, 0.25) is 0 Å². The summed E-state index contributed by atoms with van der Waals surface area (Å²) in [4.78, 5) is 4.36. The number of rotatable bonds is 1. The minimum atomic E-state index is -2.39. The average Bonchev–Trinajstić information content (AvgIpc) is 2.09. The van der Waals surface area contributed by atoms with E-state index in [1.54, 1.807) is 12.3 Å². The fourth-order valence-corrected chi connectivity index (χ4v) is 2.30. The fourth-order valence-electron chi connectivity index (χ4n) is 0.833. The number of halogens is 1. The van der Waals surface area contributed by atoms with E-state index in [0.717, 1.165) is 4.47 Å². The quantitative estimate of drug-likeness (QED) is 0.836. The maximum absolute atomic E-state index is 11.8. The lowest BCUT2D eigenvalue weighted by Crippen LogP contribution is -2.04. The van der Waals surface area contributed by atoms with Gasteiger partial charge in [-0.3, -0.25) is 0 Å². The minimum absolute atomic E-state index is 0.265. The van der Waals surface area contributed by atoms with Crippen molar-refractivity contribution >= 4 is 31.5 Å². The van der Waals surface area contributed by atoms with E-state index in [1.165, 1.54) is 13.3 Å². The summed E-state index contributed by atoms with van der Waals surface area (Å²) in [7, 11) is -0.891. The summed E-state index contributed by atoms with van der Waals surface area (Å²) in [5.74, 6) is 0.265. The van der Waals surface area contributed by atoms with Gasteiger partial charge in [-0.1, -0.05) is 0 Å². The van der Waals surface area contributed by atoms with E-state index < -0.39 is 9.73 Å². The molecule has 0 aliphatic rings. The van der Waals surface area contributed by atoms with Gasteiger partial charge in [-0.15, -0.1) is 0 Å². The van der Waals surface area contributed by atoms with Gasteiger partial charge < -0.3 is 5.73 Å². The van der Waals surface area contributed by atoms with Crippen molar-refractivity contribution in [2.45, 2.75) is 4.90 Å². The lowest BCUT2D eigenvalue weighted by Gasteiger charge is -2.05. The molecule has 1 rings (SSSR count). The van der Waals surface area contributed by atoms with E-state index in [4.69, 9.17) is 5.73 Å². The van der Waals surface area contributed by atoms with Gasteiger partial charge in [-0.2, -0.15) is 0 Å². The fraction of sp³-hybridized carbons (Fsp3) is 0.286. The van der Waals surface area contributed by atoms with Crippen LogP contribution in [0.1, 0.15) is 0 Å². The molecular weight excluding hydrogens is 254 g/mol. The van der Waals surface area contributed by atoms with Crippen molar-refractivity contribution in [1.29, 1.82) is 0 Å². The van der Waals surface area contributed by atoms with Crippen LogP contribution in [0.5, 0.6) is 0 Å². The Morgan fingerprint density at radius 2 is 2.31 bits per heavy atom. The van der Waals surface area contributed by atoms with E-state index in [9.17, 15) is 4.21 Å². The zero-order chi connectivity index (χ0) is 10.1. The molecule has 0 bridgehead atoms. The van der Waals surface area contributed by atoms with Crippen LogP contribution in [0.25, 0.3) is 0 Å². The molecule has 1 heterocycles. The third kappa shape index (κ3) is 2.19. The summed E-state index contributed by atoms with van der Waals surface area (Å²) in [6.07, 6.45) is 3.09. The number of pyridine rings is 1. The third-order valence-corrected chi connectivity index (χ3v) is 3.88. The van der Waals surface area contributed by atoms with E-state index >= 15 is 0 Å². The topological polar surface area (TPSA) is 68.3 Å².